The van der Waals surface area contributed by atoms with E-state index in [1.165, 1.54) is 5.57 Å². The first kappa shape index (κ1) is 17.0. The predicted octanol–water partition coefficient (Wildman–Crippen LogP) is 4.26. The summed E-state index contributed by atoms with van der Waals surface area (Å²) < 4.78 is 0. The number of allylic oxidation sites excluding steroid dienone is 1. The number of rotatable bonds is 2. The fourth-order valence-electron chi connectivity index (χ4n) is 6.13. The van der Waals surface area contributed by atoms with Crippen molar-refractivity contribution in [1.82, 2.24) is 0 Å². The number of hydrogen-bond acceptors (Lipinski definition) is 2. The molecule has 0 heterocycles. The molecule has 3 rings (SSSR count). The summed E-state index contributed by atoms with van der Waals surface area (Å²) in [4.78, 5) is 12.0. The molecule has 0 amide bonds. The lowest BCUT2D eigenvalue weighted by Crippen LogP contribution is -2.58. The molecular weight excluding hydrogens is 288 g/mol. The molecule has 3 nitrogen and oxygen atoms in total. The second-order valence-electron chi connectivity index (χ2n) is 9.06. The van der Waals surface area contributed by atoms with Crippen LogP contribution in [-0.2, 0) is 4.79 Å². The van der Waals surface area contributed by atoms with Gasteiger partial charge in [-0.05, 0) is 62.2 Å². The summed E-state index contributed by atoms with van der Waals surface area (Å²) in [6.45, 7) is 8.69. The standard InChI is InChI=1S/C20H32O3/c1-12(2)13-6-7-15-14(10-13)16(21)11-17-19(15,3)8-5-9-20(17,4)18(22)23/h10,12,14-17,21H,5-9,11H2,1-4H3,(H,22,23). The Balaban J connectivity index is 1.99. The highest BCUT2D eigenvalue weighted by molar-refractivity contribution is 5.75. The summed E-state index contributed by atoms with van der Waals surface area (Å²) in [6, 6.07) is 0. The number of carboxylic acids is 1. The summed E-state index contributed by atoms with van der Waals surface area (Å²) in [6.07, 6.45) is 7.67. The van der Waals surface area contributed by atoms with E-state index in [0.29, 0.717) is 18.3 Å². The molecule has 0 aromatic heterocycles. The maximum absolute atomic E-state index is 12.0. The first-order valence-corrected chi connectivity index (χ1v) is 9.32. The second kappa shape index (κ2) is 5.61. The van der Waals surface area contributed by atoms with Crippen LogP contribution >= 0.6 is 0 Å². The third-order valence-electron chi connectivity index (χ3n) is 7.59. The zero-order chi connectivity index (χ0) is 17.0. The van der Waals surface area contributed by atoms with E-state index in [2.05, 4.69) is 26.8 Å². The number of fused-ring (bicyclic) bond motifs is 3. The van der Waals surface area contributed by atoms with Gasteiger partial charge in [0.15, 0.2) is 0 Å². The molecule has 0 aromatic carbocycles. The Hall–Kier alpha value is -0.830. The molecule has 2 fully saturated rings. The summed E-state index contributed by atoms with van der Waals surface area (Å²) in [5, 5.41) is 20.7. The molecule has 0 saturated heterocycles. The van der Waals surface area contributed by atoms with E-state index in [4.69, 9.17) is 0 Å². The van der Waals surface area contributed by atoms with Gasteiger partial charge in [0, 0.05) is 5.92 Å². The highest BCUT2D eigenvalue weighted by Gasteiger charge is 2.60. The van der Waals surface area contributed by atoms with E-state index in [1.54, 1.807) is 0 Å². The molecule has 0 bridgehead atoms. The number of hydrogen-bond donors (Lipinski definition) is 2. The van der Waals surface area contributed by atoms with E-state index < -0.39 is 11.4 Å². The fraction of sp³-hybridized carbons (Fsp3) is 0.850. The normalized spacial score (nSPS) is 46.8. The van der Waals surface area contributed by atoms with E-state index in [9.17, 15) is 15.0 Å². The van der Waals surface area contributed by atoms with E-state index in [-0.39, 0.29) is 23.4 Å². The van der Waals surface area contributed by atoms with Crippen molar-refractivity contribution in [2.45, 2.75) is 72.3 Å². The highest BCUT2D eigenvalue weighted by atomic mass is 16.4. The van der Waals surface area contributed by atoms with Crippen molar-refractivity contribution in [3.05, 3.63) is 11.6 Å². The Morgan fingerprint density at radius 3 is 2.61 bits per heavy atom. The van der Waals surface area contributed by atoms with Gasteiger partial charge in [-0.25, -0.2) is 0 Å². The van der Waals surface area contributed by atoms with Crippen LogP contribution in [0.2, 0.25) is 0 Å². The molecule has 3 aliphatic carbocycles. The minimum absolute atomic E-state index is 0.0499. The summed E-state index contributed by atoms with van der Waals surface area (Å²) in [5.74, 6) is 0.611. The smallest absolute Gasteiger partial charge is 0.309 e. The van der Waals surface area contributed by atoms with Gasteiger partial charge in [-0.15, -0.1) is 0 Å². The van der Waals surface area contributed by atoms with Gasteiger partial charge in [-0.1, -0.05) is 38.8 Å². The first-order valence-electron chi connectivity index (χ1n) is 9.32. The van der Waals surface area contributed by atoms with Gasteiger partial charge in [-0.2, -0.15) is 0 Å². The summed E-state index contributed by atoms with van der Waals surface area (Å²) in [7, 11) is 0. The zero-order valence-electron chi connectivity index (χ0n) is 15.0. The van der Waals surface area contributed by atoms with E-state index in [0.717, 1.165) is 32.1 Å². The lowest BCUT2D eigenvalue weighted by molar-refractivity contribution is -0.178. The van der Waals surface area contributed by atoms with Gasteiger partial charge >= 0.3 is 5.97 Å². The molecular formula is C20H32O3. The quantitative estimate of drug-likeness (QED) is 0.748. The number of carbonyl (C=O) groups is 1. The molecule has 6 unspecified atom stereocenters. The van der Waals surface area contributed by atoms with Gasteiger partial charge < -0.3 is 10.2 Å². The third-order valence-corrected chi connectivity index (χ3v) is 7.59. The monoisotopic (exact) mass is 320 g/mol. The first-order chi connectivity index (χ1) is 10.7. The van der Waals surface area contributed by atoms with Gasteiger partial charge in [0.25, 0.3) is 0 Å². The van der Waals surface area contributed by atoms with Crippen molar-refractivity contribution in [3.63, 3.8) is 0 Å². The Morgan fingerprint density at radius 2 is 2.00 bits per heavy atom. The van der Waals surface area contributed by atoms with E-state index >= 15 is 0 Å². The van der Waals surface area contributed by atoms with Gasteiger partial charge in [0.2, 0.25) is 0 Å². The Kier molecular flexibility index (Phi) is 4.15. The number of aliphatic hydroxyl groups is 1. The van der Waals surface area contributed by atoms with Crippen molar-refractivity contribution in [2.24, 2.45) is 34.5 Å². The van der Waals surface area contributed by atoms with Crippen LogP contribution in [-0.4, -0.2) is 22.3 Å². The number of aliphatic carboxylic acids is 1. The molecule has 0 spiro atoms. The molecule has 130 valence electrons. The highest BCUT2D eigenvalue weighted by Crippen LogP contribution is 2.63. The van der Waals surface area contributed by atoms with Crippen LogP contribution in [0.3, 0.4) is 0 Å². The zero-order valence-corrected chi connectivity index (χ0v) is 15.0. The van der Waals surface area contributed by atoms with Crippen LogP contribution in [0.4, 0.5) is 0 Å². The summed E-state index contributed by atoms with van der Waals surface area (Å²) in [5.41, 5.74) is 0.846. The Morgan fingerprint density at radius 1 is 1.30 bits per heavy atom. The third kappa shape index (κ3) is 2.47. The van der Waals surface area contributed by atoms with Crippen LogP contribution in [0.5, 0.6) is 0 Å². The van der Waals surface area contributed by atoms with Crippen LogP contribution in [0, 0.1) is 34.5 Å². The van der Waals surface area contributed by atoms with Crippen LogP contribution < -0.4 is 0 Å². The molecule has 3 heteroatoms. The molecule has 3 aliphatic rings. The minimum Gasteiger partial charge on any atom is -0.481 e. The molecule has 2 saturated carbocycles. The largest absolute Gasteiger partial charge is 0.481 e. The fourth-order valence-corrected chi connectivity index (χ4v) is 6.13. The van der Waals surface area contributed by atoms with Gasteiger partial charge in [-0.3, -0.25) is 4.79 Å². The molecule has 23 heavy (non-hydrogen) atoms. The van der Waals surface area contributed by atoms with Crippen molar-refractivity contribution in [1.29, 1.82) is 0 Å². The lowest BCUT2D eigenvalue weighted by atomic mass is 9.44. The van der Waals surface area contributed by atoms with Crippen molar-refractivity contribution in [3.8, 4) is 0 Å². The Labute approximate surface area is 140 Å². The topological polar surface area (TPSA) is 57.5 Å². The van der Waals surface area contributed by atoms with Gasteiger partial charge in [0.05, 0.1) is 11.5 Å². The second-order valence-corrected chi connectivity index (χ2v) is 9.06. The molecule has 0 radical (unpaired) electrons. The maximum Gasteiger partial charge on any atom is 0.309 e. The van der Waals surface area contributed by atoms with E-state index in [1.807, 2.05) is 6.92 Å². The maximum atomic E-state index is 12.0. The predicted molar refractivity (Wildman–Crippen MR) is 90.9 cm³/mol. The molecule has 0 aromatic rings. The minimum atomic E-state index is -0.680. The van der Waals surface area contributed by atoms with Crippen LogP contribution in [0.15, 0.2) is 11.6 Å². The lowest BCUT2D eigenvalue weighted by Gasteiger charge is -2.60. The average Bonchev–Trinajstić information content (AvgIpc) is 2.49. The number of carboxylic acid groups (broad SMARTS) is 1. The number of aliphatic hydroxyl groups excluding tert-OH is 1. The average molecular weight is 320 g/mol. The van der Waals surface area contributed by atoms with Crippen LogP contribution in [0.25, 0.3) is 0 Å². The van der Waals surface area contributed by atoms with Gasteiger partial charge in [0.1, 0.15) is 0 Å². The van der Waals surface area contributed by atoms with Crippen LogP contribution in [0.1, 0.15) is 66.2 Å². The van der Waals surface area contributed by atoms with Crippen molar-refractivity contribution >= 4 is 5.97 Å². The molecule has 2 N–H and O–H groups in total. The Bertz CT molecular complexity index is 523. The van der Waals surface area contributed by atoms with Crippen molar-refractivity contribution < 1.29 is 15.0 Å². The summed E-state index contributed by atoms with van der Waals surface area (Å²) >= 11 is 0. The molecule has 6 atom stereocenters. The molecule has 0 aliphatic heterocycles. The SMILES string of the molecule is CC(C)C1=CC2C(O)CC3C(C)(C(=O)O)CCCC3(C)C2CC1. The van der Waals surface area contributed by atoms with Crippen molar-refractivity contribution in [2.75, 3.05) is 0 Å².